The first-order chi connectivity index (χ1) is 23.6. The van der Waals surface area contributed by atoms with E-state index in [9.17, 15) is 0 Å². The molecule has 3 aromatic rings. The number of amidine groups is 2. The van der Waals surface area contributed by atoms with Crippen LogP contribution in [-0.4, -0.2) is 32.8 Å². The van der Waals surface area contributed by atoms with Crippen LogP contribution in [0.15, 0.2) is 95.1 Å². The number of hydrogen-bond donors (Lipinski definition) is 0. The third-order valence-electron chi connectivity index (χ3n) is 13.5. The fourth-order valence-corrected chi connectivity index (χ4v) is 12.3. The van der Waals surface area contributed by atoms with Crippen LogP contribution in [0.25, 0.3) is 0 Å². The molecule has 8 aliphatic carbocycles. The Hall–Kier alpha value is -3.80. The Morgan fingerprint density at radius 3 is 1.06 bits per heavy atom. The molecule has 13 rings (SSSR count). The maximum atomic E-state index is 5.37. The average molecular weight is 633 g/mol. The molecule has 0 atom stereocenters. The minimum atomic E-state index is 0.116. The van der Waals surface area contributed by atoms with Gasteiger partial charge in [-0.2, -0.15) is 10.2 Å². The first-order valence-electron chi connectivity index (χ1n) is 18.7. The van der Waals surface area contributed by atoms with E-state index in [1.54, 1.807) is 0 Å². The monoisotopic (exact) mass is 632 g/mol. The summed E-state index contributed by atoms with van der Waals surface area (Å²) < 4.78 is 0. The molecule has 0 spiro atoms. The second-order valence-corrected chi connectivity index (χ2v) is 16.9. The highest BCUT2D eigenvalue weighted by atomic mass is 15.6. The number of benzene rings is 3. The van der Waals surface area contributed by atoms with Crippen LogP contribution in [0.5, 0.6) is 0 Å². The standard InChI is InChI=1S/C42H44N6/c1-3-7-35(8-4-1)39-43-47(41-21-29-15-30(22-41)17-31(16-29)23-41)27-45(39)37-11-13-38(14-12-37)46-28-48(44-40(46)36-9-5-2-6-10-36)42-24-32-18-33(25-42)20-34(19-32)26-42/h1-14,29-34H,15-26H2. The molecule has 4 radical (unpaired) electrons. The first-order valence-corrected chi connectivity index (χ1v) is 18.7. The van der Waals surface area contributed by atoms with Gasteiger partial charge in [0.25, 0.3) is 0 Å². The predicted molar refractivity (Wildman–Crippen MR) is 189 cm³/mol. The van der Waals surface area contributed by atoms with Crippen LogP contribution in [0.1, 0.15) is 88.2 Å². The summed E-state index contributed by atoms with van der Waals surface area (Å²) in [6.45, 7) is 7.64. The normalized spacial score (nSPS) is 37.5. The van der Waals surface area contributed by atoms with Gasteiger partial charge in [0.15, 0.2) is 11.7 Å². The van der Waals surface area contributed by atoms with Gasteiger partial charge in [-0.1, -0.05) is 60.7 Å². The molecule has 8 fully saturated rings. The van der Waals surface area contributed by atoms with Gasteiger partial charge in [-0.05, 0) is 137 Å². The van der Waals surface area contributed by atoms with Crippen LogP contribution < -0.4 is 9.80 Å². The Bertz CT molecular complexity index is 1560. The van der Waals surface area contributed by atoms with Crippen molar-refractivity contribution in [1.82, 2.24) is 10.0 Å². The van der Waals surface area contributed by atoms with Crippen molar-refractivity contribution in [2.45, 2.75) is 88.1 Å². The van der Waals surface area contributed by atoms with Gasteiger partial charge in [-0.25, -0.2) is 0 Å². The summed E-state index contributed by atoms with van der Waals surface area (Å²) in [4.78, 5) is 4.42. The van der Waals surface area contributed by atoms with Gasteiger partial charge in [-0.3, -0.25) is 19.8 Å². The van der Waals surface area contributed by atoms with Gasteiger partial charge in [0, 0.05) is 22.5 Å². The molecule has 242 valence electrons. The van der Waals surface area contributed by atoms with Crippen LogP contribution in [0.2, 0.25) is 0 Å². The fourth-order valence-electron chi connectivity index (χ4n) is 12.3. The number of nitrogens with zero attached hydrogens (tertiary/aromatic N) is 6. The lowest BCUT2D eigenvalue weighted by Gasteiger charge is -2.58. The van der Waals surface area contributed by atoms with Crippen molar-refractivity contribution in [3.05, 3.63) is 109 Å². The Balaban J connectivity index is 0.911. The zero-order chi connectivity index (χ0) is 31.5. The molecule has 6 nitrogen and oxygen atoms in total. The maximum absolute atomic E-state index is 5.37. The summed E-state index contributed by atoms with van der Waals surface area (Å²) in [5.74, 6) is 7.07. The maximum Gasteiger partial charge on any atom is 0.233 e. The molecule has 0 unspecified atom stereocenters. The second kappa shape index (κ2) is 10.4. The van der Waals surface area contributed by atoms with E-state index in [0.717, 1.165) is 69.7 Å². The van der Waals surface area contributed by atoms with E-state index in [0.29, 0.717) is 0 Å². The third-order valence-corrected chi connectivity index (χ3v) is 13.5. The van der Waals surface area contributed by atoms with Gasteiger partial charge in [0.05, 0.1) is 11.1 Å². The molecule has 48 heavy (non-hydrogen) atoms. The molecular formula is C42H44N6. The summed E-state index contributed by atoms with van der Waals surface area (Å²) in [7, 11) is 0. The van der Waals surface area contributed by atoms with E-state index in [4.69, 9.17) is 10.2 Å². The summed E-state index contributed by atoms with van der Waals surface area (Å²) in [5, 5.41) is 15.3. The lowest BCUT2D eigenvalue weighted by Crippen LogP contribution is -2.57. The Kier molecular flexibility index (Phi) is 6.06. The van der Waals surface area contributed by atoms with E-state index in [2.05, 4.69) is 118 Å². The molecule has 8 saturated carbocycles. The second-order valence-electron chi connectivity index (χ2n) is 16.9. The predicted octanol–water partition coefficient (Wildman–Crippen LogP) is 8.58. The highest BCUT2D eigenvalue weighted by Crippen LogP contribution is 2.60. The van der Waals surface area contributed by atoms with Crippen LogP contribution in [-0.2, 0) is 0 Å². The number of rotatable bonds is 6. The van der Waals surface area contributed by atoms with Gasteiger partial charge in [0.1, 0.15) is 0 Å². The Labute approximate surface area is 285 Å². The van der Waals surface area contributed by atoms with Crippen LogP contribution in [0.4, 0.5) is 11.4 Å². The zero-order valence-electron chi connectivity index (χ0n) is 27.7. The van der Waals surface area contributed by atoms with Crippen LogP contribution in [0.3, 0.4) is 0 Å². The molecule has 3 aromatic carbocycles. The molecule has 10 aliphatic rings. The molecule has 6 heteroatoms. The van der Waals surface area contributed by atoms with Crippen LogP contribution >= 0.6 is 0 Å². The van der Waals surface area contributed by atoms with E-state index >= 15 is 0 Å². The van der Waals surface area contributed by atoms with Crippen molar-refractivity contribution in [2.24, 2.45) is 45.7 Å². The summed E-state index contributed by atoms with van der Waals surface area (Å²) in [5.41, 5.74) is 4.67. The van der Waals surface area contributed by atoms with Crippen molar-refractivity contribution in [2.75, 3.05) is 9.80 Å². The molecule has 2 aliphatic heterocycles. The van der Waals surface area contributed by atoms with Crippen LogP contribution in [0, 0.1) is 48.8 Å². The summed E-state index contributed by atoms with van der Waals surface area (Å²) in [6, 6.07) is 30.3. The summed E-state index contributed by atoms with van der Waals surface area (Å²) >= 11 is 0. The lowest BCUT2D eigenvalue weighted by atomic mass is 9.53. The first kappa shape index (κ1) is 28.1. The van der Waals surface area contributed by atoms with Gasteiger partial charge in [-0.15, -0.1) is 0 Å². The molecule has 0 N–H and O–H groups in total. The van der Waals surface area contributed by atoms with Gasteiger partial charge < -0.3 is 0 Å². The highest BCUT2D eigenvalue weighted by molar-refractivity contribution is 6.13. The zero-order valence-corrected chi connectivity index (χ0v) is 27.7. The van der Waals surface area contributed by atoms with E-state index < -0.39 is 0 Å². The molecule has 8 bridgehead atoms. The molecule has 0 saturated heterocycles. The van der Waals surface area contributed by atoms with Crippen molar-refractivity contribution in [3.8, 4) is 0 Å². The lowest BCUT2D eigenvalue weighted by molar-refractivity contribution is -0.0749. The summed E-state index contributed by atoms with van der Waals surface area (Å²) in [6.07, 6.45) is 16.1. The minimum Gasteiger partial charge on any atom is -0.291 e. The third kappa shape index (κ3) is 4.36. The largest absolute Gasteiger partial charge is 0.291 e. The highest BCUT2D eigenvalue weighted by Gasteiger charge is 2.57. The molecule has 0 aromatic heterocycles. The van der Waals surface area contributed by atoms with Gasteiger partial charge in [0.2, 0.25) is 13.3 Å². The molecular weight excluding hydrogens is 589 g/mol. The van der Waals surface area contributed by atoms with Crippen molar-refractivity contribution >= 4 is 23.0 Å². The fraction of sp³-hybridized carbons (Fsp3) is 0.476. The number of hydrazone groups is 2. The smallest absolute Gasteiger partial charge is 0.233 e. The SMILES string of the molecule is [C]1N(c2ccc(N3[C]N(C45CC6CC(CC(C6)C4)C5)N=C3c3ccccc3)cc2)C(c2ccccc2)=NN1C12CC3CC(CC(C3)C1)C2. The number of hydrogen-bond acceptors (Lipinski definition) is 6. The average Bonchev–Trinajstić information content (AvgIpc) is 3.76. The Morgan fingerprint density at radius 2 is 0.750 bits per heavy atom. The minimum absolute atomic E-state index is 0.116. The quantitative estimate of drug-likeness (QED) is 0.273. The van der Waals surface area contributed by atoms with E-state index in [1.165, 1.54) is 77.0 Å². The topological polar surface area (TPSA) is 37.7 Å². The van der Waals surface area contributed by atoms with Gasteiger partial charge >= 0.3 is 0 Å². The van der Waals surface area contributed by atoms with Crippen molar-refractivity contribution in [3.63, 3.8) is 0 Å². The van der Waals surface area contributed by atoms with E-state index in [-0.39, 0.29) is 11.1 Å². The Morgan fingerprint density at radius 1 is 0.438 bits per heavy atom. The number of anilines is 2. The van der Waals surface area contributed by atoms with E-state index in [1.807, 2.05) is 0 Å². The molecule has 0 amide bonds. The van der Waals surface area contributed by atoms with Crippen molar-refractivity contribution < 1.29 is 0 Å². The van der Waals surface area contributed by atoms with Crippen molar-refractivity contribution in [1.29, 1.82) is 0 Å². The molecule has 2 heterocycles.